The number of carbonyl (C=O) groups is 2. The van der Waals surface area contributed by atoms with Crippen molar-refractivity contribution in [1.82, 2.24) is 10.2 Å². The molecule has 8 heteroatoms. The molecule has 2 amide bonds. The van der Waals surface area contributed by atoms with Gasteiger partial charge in [-0.2, -0.15) is 0 Å². The first kappa shape index (κ1) is 19.3. The minimum atomic E-state index is -1.33. The SMILES string of the molecule is COCCOCC(=O)N1C[C@H](O)[C@H](O)[C@H]1C(=O)NCc1ccccc1. The van der Waals surface area contributed by atoms with Crippen molar-refractivity contribution >= 4 is 11.8 Å². The van der Waals surface area contributed by atoms with Crippen molar-refractivity contribution in [1.29, 1.82) is 0 Å². The number of nitrogens with zero attached hydrogens (tertiary/aromatic N) is 1. The zero-order valence-electron chi connectivity index (χ0n) is 14.1. The van der Waals surface area contributed by atoms with E-state index in [2.05, 4.69) is 5.32 Å². The van der Waals surface area contributed by atoms with E-state index in [1.54, 1.807) is 0 Å². The Labute approximate surface area is 146 Å². The molecule has 1 aliphatic rings. The summed E-state index contributed by atoms with van der Waals surface area (Å²) >= 11 is 0. The number of amides is 2. The molecule has 1 aromatic rings. The molecule has 3 N–H and O–H groups in total. The highest BCUT2D eigenvalue weighted by Gasteiger charge is 2.46. The van der Waals surface area contributed by atoms with Gasteiger partial charge in [0, 0.05) is 13.7 Å². The normalized spacial score (nSPS) is 22.8. The summed E-state index contributed by atoms with van der Waals surface area (Å²) < 4.78 is 9.99. The maximum Gasteiger partial charge on any atom is 0.249 e. The van der Waals surface area contributed by atoms with Crippen LogP contribution in [0.5, 0.6) is 0 Å². The summed E-state index contributed by atoms with van der Waals surface area (Å²) in [5, 5.41) is 22.6. The van der Waals surface area contributed by atoms with E-state index in [-0.39, 0.29) is 26.3 Å². The Morgan fingerprint density at radius 1 is 1.24 bits per heavy atom. The van der Waals surface area contributed by atoms with E-state index in [1.165, 1.54) is 7.11 Å². The van der Waals surface area contributed by atoms with Gasteiger partial charge in [0.05, 0.1) is 25.9 Å². The number of β-amino-alcohol motifs (C(OH)–C–C–N with tert-alkyl or cyclic N) is 1. The maximum atomic E-state index is 12.4. The molecule has 0 spiro atoms. The zero-order valence-corrected chi connectivity index (χ0v) is 14.1. The minimum Gasteiger partial charge on any atom is -0.388 e. The second kappa shape index (κ2) is 9.47. The molecule has 0 aromatic heterocycles. The van der Waals surface area contributed by atoms with Gasteiger partial charge in [0.1, 0.15) is 18.8 Å². The van der Waals surface area contributed by atoms with E-state index in [4.69, 9.17) is 9.47 Å². The van der Waals surface area contributed by atoms with Crippen molar-refractivity contribution in [2.45, 2.75) is 24.8 Å². The zero-order chi connectivity index (χ0) is 18.2. The molecule has 25 heavy (non-hydrogen) atoms. The number of ether oxygens (including phenoxy) is 2. The second-order valence-corrected chi connectivity index (χ2v) is 5.80. The number of aliphatic hydroxyl groups is 2. The van der Waals surface area contributed by atoms with Gasteiger partial charge in [0.15, 0.2) is 0 Å². The lowest BCUT2D eigenvalue weighted by molar-refractivity contribution is -0.144. The molecule has 0 radical (unpaired) electrons. The van der Waals surface area contributed by atoms with Crippen molar-refractivity contribution < 1.29 is 29.3 Å². The average Bonchev–Trinajstić information content (AvgIpc) is 2.92. The summed E-state index contributed by atoms with van der Waals surface area (Å²) in [4.78, 5) is 25.8. The van der Waals surface area contributed by atoms with Crippen LogP contribution in [0, 0.1) is 0 Å². The lowest BCUT2D eigenvalue weighted by atomic mass is 10.1. The lowest BCUT2D eigenvalue weighted by Crippen LogP contribution is -2.51. The van der Waals surface area contributed by atoms with Gasteiger partial charge < -0.3 is 29.9 Å². The Morgan fingerprint density at radius 3 is 2.64 bits per heavy atom. The van der Waals surface area contributed by atoms with Gasteiger partial charge in [0.25, 0.3) is 0 Å². The smallest absolute Gasteiger partial charge is 0.249 e. The number of benzene rings is 1. The Kier molecular flexibility index (Phi) is 7.32. The molecule has 3 atom stereocenters. The van der Waals surface area contributed by atoms with Gasteiger partial charge in [-0.25, -0.2) is 0 Å². The fourth-order valence-electron chi connectivity index (χ4n) is 2.65. The van der Waals surface area contributed by atoms with E-state index in [0.717, 1.165) is 10.5 Å². The van der Waals surface area contributed by atoms with Gasteiger partial charge in [-0.1, -0.05) is 30.3 Å². The Balaban J connectivity index is 1.94. The van der Waals surface area contributed by atoms with Crippen molar-refractivity contribution in [3.8, 4) is 0 Å². The molecule has 2 rings (SSSR count). The van der Waals surface area contributed by atoms with E-state index in [9.17, 15) is 19.8 Å². The molecule has 0 aliphatic carbocycles. The van der Waals surface area contributed by atoms with Crippen molar-refractivity contribution in [3.63, 3.8) is 0 Å². The monoisotopic (exact) mass is 352 g/mol. The van der Waals surface area contributed by atoms with Crippen LogP contribution in [-0.4, -0.2) is 78.7 Å². The first-order chi connectivity index (χ1) is 12.0. The van der Waals surface area contributed by atoms with Gasteiger partial charge in [0.2, 0.25) is 11.8 Å². The molecule has 1 aromatic carbocycles. The minimum absolute atomic E-state index is 0.114. The van der Waals surface area contributed by atoms with Crippen LogP contribution in [0.1, 0.15) is 5.56 Å². The first-order valence-corrected chi connectivity index (χ1v) is 8.08. The van der Waals surface area contributed by atoms with E-state index >= 15 is 0 Å². The van der Waals surface area contributed by atoms with Gasteiger partial charge in [-0.3, -0.25) is 9.59 Å². The highest BCUT2D eigenvalue weighted by molar-refractivity contribution is 5.89. The maximum absolute atomic E-state index is 12.4. The molecule has 1 fully saturated rings. The van der Waals surface area contributed by atoms with E-state index < -0.39 is 30.1 Å². The van der Waals surface area contributed by atoms with Gasteiger partial charge in [-0.15, -0.1) is 0 Å². The van der Waals surface area contributed by atoms with Crippen LogP contribution in [-0.2, 0) is 25.6 Å². The lowest BCUT2D eigenvalue weighted by Gasteiger charge is -2.25. The van der Waals surface area contributed by atoms with Crippen LogP contribution in [0.15, 0.2) is 30.3 Å². The van der Waals surface area contributed by atoms with Crippen molar-refractivity contribution in [2.75, 3.05) is 33.5 Å². The summed E-state index contributed by atoms with van der Waals surface area (Å²) in [6, 6.07) is 8.13. The van der Waals surface area contributed by atoms with Crippen molar-refractivity contribution in [3.05, 3.63) is 35.9 Å². The van der Waals surface area contributed by atoms with Crippen LogP contribution >= 0.6 is 0 Å². The quantitative estimate of drug-likeness (QED) is 0.513. The van der Waals surface area contributed by atoms with E-state index in [1.807, 2.05) is 30.3 Å². The second-order valence-electron chi connectivity index (χ2n) is 5.80. The summed E-state index contributed by atoms with van der Waals surface area (Å²) in [5.41, 5.74) is 0.893. The number of nitrogens with one attached hydrogen (secondary N) is 1. The standard InChI is InChI=1S/C17H24N2O6/c1-24-7-8-25-11-14(21)19-10-13(20)16(22)15(19)17(23)18-9-12-5-3-2-4-6-12/h2-6,13,15-16,20,22H,7-11H2,1H3,(H,18,23)/t13-,15-,16-/m0/s1. The van der Waals surface area contributed by atoms with Crippen LogP contribution < -0.4 is 5.32 Å². The molecule has 1 heterocycles. The fraction of sp³-hybridized carbons (Fsp3) is 0.529. The van der Waals surface area contributed by atoms with Gasteiger partial charge in [-0.05, 0) is 5.56 Å². The highest BCUT2D eigenvalue weighted by Crippen LogP contribution is 2.19. The Bertz CT molecular complexity index is 568. The van der Waals surface area contributed by atoms with E-state index in [0.29, 0.717) is 6.61 Å². The number of hydrogen-bond donors (Lipinski definition) is 3. The molecular formula is C17H24N2O6. The number of carbonyl (C=O) groups excluding carboxylic acids is 2. The number of rotatable bonds is 8. The number of hydrogen-bond acceptors (Lipinski definition) is 6. The fourth-order valence-corrected chi connectivity index (χ4v) is 2.65. The van der Waals surface area contributed by atoms with Crippen LogP contribution in [0.4, 0.5) is 0 Å². The molecule has 0 bridgehead atoms. The molecule has 8 nitrogen and oxygen atoms in total. The molecule has 0 unspecified atom stereocenters. The Hall–Kier alpha value is -2.00. The number of likely N-dealkylation sites (tertiary alicyclic amines) is 1. The summed E-state index contributed by atoms with van der Waals surface area (Å²) in [6.07, 6.45) is -2.51. The number of methoxy groups -OCH3 is 1. The van der Waals surface area contributed by atoms with Gasteiger partial charge >= 0.3 is 0 Å². The largest absolute Gasteiger partial charge is 0.388 e. The summed E-state index contributed by atoms with van der Waals surface area (Å²) in [7, 11) is 1.52. The third-order valence-corrected chi connectivity index (χ3v) is 3.99. The highest BCUT2D eigenvalue weighted by atomic mass is 16.5. The molecule has 0 saturated carbocycles. The first-order valence-electron chi connectivity index (χ1n) is 8.08. The molecule has 138 valence electrons. The summed E-state index contributed by atoms with van der Waals surface area (Å²) in [6.45, 7) is 0.499. The third kappa shape index (κ3) is 5.23. The topological polar surface area (TPSA) is 108 Å². The summed E-state index contributed by atoms with van der Waals surface area (Å²) in [5.74, 6) is -0.982. The third-order valence-electron chi connectivity index (χ3n) is 3.99. The van der Waals surface area contributed by atoms with Crippen LogP contribution in [0.3, 0.4) is 0 Å². The predicted molar refractivity (Wildman–Crippen MR) is 88.5 cm³/mol. The van der Waals surface area contributed by atoms with Crippen molar-refractivity contribution in [2.24, 2.45) is 0 Å². The molecule has 1 aliphatic heterocycles. The molecule has 1 saturated heterocycles. The van der Waals surface area contributed by atoms with Crippen LogP contribution in [0.25, 0.3) is 0 Å². The van der Waals surface area contributed by atoms with Crippen LogP contribution in [0.2, 0.25) is 0 Å². The predicted octanol–water partition coefficient (Wildman–Crippen LogP) is -1.10. The number of aliphatic hydroxyl groups excluding tert-OH is 2. The Morgan fingerprint density at radius 2 is 1.96 bits per heavy atom. The average molecular weight is 352 g/mol. The molecular weight excluding hydrogens is 328 g/mol.